The van der Waals surface area contributed by atoms with E-state index in [2.05, 4.69) is 5.32 Å². The molecule has 0 radical (unpaired) electrons. The number of fused-ring (bicyclic) bond motifs is 1. The predicted octanol–water partition coefficient (Wildman–Crippen LogP) is 2.17. The number of carbonyl (C=O) groups is 3. The van der Waals surface area contributed by atoms with Gasteiger partial charge in [0, 0.05) is 29.2 Å². The molecule has 1 N–H and O–H groups in total. The van der Waals surface area contributed by atoms with Crippen LogP contribution in [0.3, 0.4) is 0 Å². The van der Waals surface area contributed by atoms with E-state index in [0.29, 0.717) is 28.2 Å². The van der Waals surface area contributed by atoms with Gasteiger partial charge < -0.3 is 14.4 Å². The number of nitrogens with zero attached hydrogens (tertiary/aromatic N) is 1. The SMILES string of the molecule is [2H]C1(N2Cc3c(OCc4ccc(OC)cc4F)cccc3C2=O)CCC(=O)NC1=O. The summed E-state index contributed by atoms with van der Waals surface area (Å²) in [6.07, 6.45) is -0.0971. The first-order chi connectivity index (χ1) is 14.3. The Morgan fingerprint density at radius 2 is 2.10 bits per heavy atom. The number of imide groups is 1. The Hall–Kier alpha value is -3.42. The van der Waals surface area contributed by atoms with E-state index in [1.54, 1.807) is 30.3 Å². The Labute approximate surface area is 167 Å². The summed E-state index contributed by atoms with van der Waals surface area (Å²) < 4.78 is 33.5. The molecule has 0 aromatic heterocycles. The molecule has 150 valence electrons. The lowest BCUT2D eigenvalue weighted by molar-refractivity contribution is -0.136. The van der Waals surface area contributed by atoms with Crippen molar-refractivity contribution >= 4 is 17.7 Å². The van der Waals surface area contributed by atoms with E-state index in [0.717, 1.165) is 4.90 Å². The zero-order valence-electron chi connectivity index (χ0n) is 16.7. The molecule has 0 spiro atoms. The van der Waals surface area contributed by atoms with Gasteiger partial charge in [-0.25, -0.2) is 4.39 Å². The van der Waals surface area contributed by atoms with Crippen LogP contribution in [0, 0.1) is 5.82 Å². The van der Waals surface area contributed by atoms with Crippen LogP contribution in [0.2, 0.25) is 0 Å². The monoisotopic (exact) mass is 399 g/mol. The van der Waals surface area contributed by atoms with Crippen molar-refractivity contribution in [3.05, 3.63) is 58.9 Å². The number of carbonyl (C=O) groups excluding carboxylic acids is 3. The van der Waals surface area contributed by atoms with Gasteiger partial charge in [0.15, 0.2) is 0 Å². The van der Waals surface area contributed by atoms with Crippen molar-refractivity contribution in [3.8, 4) is 11.5 Å². The number of piperidine rings is 1. The summed E-state index contributed by atoms with van der Waals surface area (Å²) in [5.74, 6) is -1.48. The molecule has 29 heavy (non-hydrogen) atoms. The highest BCUT2D eigenvalue weighted by molar-refractivity contribution is 6.05. The third-order valence-corrected chi connectivity index (χ3v) is 5.00. The van der Waals surface area contributed by atoms with Crippen LogP contribution < -0.4 is 14.8 Å². The molecule has 7 nitrogen and oxygen atoms in total. The minimum Gasteiger partial charge on any atom is -0.497 e. The summed E-state index contributed by atoms with van der Waals surface area (Å²) in [5.41, 5.74) is 1.16. The van der Waals surface area contributed by atoms with E-state index >= 15 is 0 Å². The number of amides is 3. The van der Waals surface area contributed by atoms with Crippen LogP contribution in [0.15, 0.2) is 36.4 Å². The van der Waals surface area contributed by atoms with Gasteiger partial charge in [0.2, 0.25) is 11.8 Å². The maximum atomic E-state index is 14.2. The number of halogens is 1. The van der Waals surface area contributed by atoms with Gasteiger partial charge in [0.1, 0.15) is 29.9 Å². The molecule has 2 aliphatic rings. The van der Waals surface area contributed by atoms with Gasteiger partial charge in [-0.2, -0.15) is 0 Å². The number of methoxy groups -OCH3 is 1. The Kier molecular flexibility index (Phi) is 4.59. The van der Waals surface area contributed by atoms with Crippen molar-refractivity contribution in [2.24, 2.45) is 0 Å². The molecule has 0 aliphatic carbocycles. The standard InChI is InChI=1S/C21H19FN2O5/c1-28-13-6-5-12(16(22)9-13)11-29-18-4-2-3-14-15(18)10-24(21(14)27)17-7-8-19(25)23-20(17)26/h2-6,9,17H,7-8,10-11H2,1H3,(H,23,25,26)/i17D. The first-order valence-electron chi connectivity index (χ1n) is 9.57. The van der Waals surface area contributed by atoms with Gasteiger partial charge >= 0.3 is 0 Å². The minimum absolute atomic E-state index is 0.0133. The Morgan fingerprint density at radius 3 is 2.83 bits per heavy atom. The van der Waals surface area contributed by atoms with Gasteiger partial charge in [0.25, 0.3) is 5.91 Å². The minimum atomic E-state index is -1.87. The highest BCUT2D eigenvalue weighted by atomic mass is 19.1. The summed E-state index contributed by atoms with van der Waals surface area (Å²) in [7, 11) is 1.45. The van der Waals surface area contributed by atoms with Crippen LogP contribution >= 0.6 is 0 Å². The van der Waals surface area contributed by atoms with Crippen LogP contribution in [0.5, 0.6) is 11.5 Å². The molecule has 1 unspecified atom stereocenters. The van der Waals surface area contributed by atoms with Crippen LogP contribution in [0.25, 0.3) is 0 Å². The highest BCUT2D eigenvalue weighted by Crippen LogP contribution is 2.34. The predicted molar refractivity (Wildman–Crippen MR) is 99.8 cm³/mol. The van der Waals surface area contributed by atoms with Crippen LogP contribution in [0.4, 0.5) is 4.39 Å². The van der Waals surface area contributed by atoms with Crippen molar-refractivity contribution in [3.63, 3.8) is 0 Å². The average molecular weight is 399 g/mol. The molecule has 2 aromatic rings. The quantitative estimate of drug-likeness (QED) is 0.779. The Morgan fingerprint density at radius 1 is 1.28 bits per heavy atom. The van der Waals surface area contributed by atoms with Gasteiger partial charge in [0.05, 0.1) is 15.0 Å². The third-order valence-electron chi connectivity index (χ3n) is 5.00. The molecule has 3 amide bonds. The van der Waals surface area contributed by atoms with Crippen LogP contribution in [-0.4, -0.2) is 35.7 Å². The number of hydrogen-bond acceptors (Lipinski definition) is 5. The summed E-state index contributed by atoms with van der Waals surface area (Å²) in [4.78, 5) is 37.8. The van der Waals surface area contributed by atoms with E-state index in [4.69, 9.17) is 10.8 Å². The van der Waals surface area contributed by atoms with Crippen LogP contribution in [0.1, 0.15) is 35.7 Å². The van der Waals surface area contributed by atoms with Gasteiger partial charge in [-0.3, -0.25) is 19.7 Å². The molecule has 0 saturated carbocycles. The fourth-order valence-corrected chi connectivity index (χ4v) is 3.45. The van der Waals surface area contributed by atoms with Crippen molar-refractivity contribution in [2.45, 2.75) is 32.0 Å². The van der Waals surface area contributed by atoms with E-state index in [-0.39, 0.29) is 26.0 Å². The topological polar surface area (TPSA) is 84.9 Å². The number of rotatable bonds is 5. The van der Waals surface area contributed by atoms with E-state index in [1.807, 2.05) is 0 Å². The normalized spacial score (nSPS) is 21.5. The lowest BCUT2D eigenvalue weighted by Crippen LogP contribution is -2.52. The Balaban J connectivity index is 1.56. The first-order valence-corrected chi connectivity index (χ1v) is 9.07. The molecule has 4 rings (SSSR count). The summed E-state index contributed by atoms with van der Waals surface area (Å²) in [6.45, 7) is -0.0813. The van der Waals surface area contributed by atoms with E-state index < -0.39 is 29.6 Å². The Bertz CT molecular complexity index is 1060. The molecule has 0 bridgehead atoms. The summed E-state index contributed by atoms with van der Waals surface area (Å²) in [5, 5.41) is 2.13. The molecule has 2 aliphatic heterocycles. The fourth-order valence-electron chi connectivity index (χ4n) is 3.45. The molecule has 2 aromatic carbocycles. The zero-order chi connectivity index (χ0) is 21.5. The number of nitrogens with one attached hydrogen (secondary N) is 1. The maximum absolute atomic E-state index is 14.2. The lowest BCUT2D eigenvalue weighted by atomic mass is 10.0. The van der Waals surface area contributed by atoms with E-state index in [9.17, 15) is 18.8 Å². The van der Waals surface area contributed by atoms with Crippen LogP contribution in [-0.2, 0) is 22.7 Å². The maximum Gasteiger partial charge on any atom is 0.255 e. The third kappa shape index (κ3) is 3.53. The van der Waals surface area contributed by atoms with Crippen molar-refractivity contribution < 1.29 is 29.6 Å². The molecular formula is C21H19FN2O5. The second kappa shape index (κ2) is 7.54. The first kappa shape index (κ1) is 17.7. The molecule has 1 fully saturated rings. The van der Waals surface area contributed by atoms with Gasteiger partial charge in [-0.1, -0.05) is 6.07 Å². The molecular weight excluding hydrogens is 379 g/mol. The lowest BCUT2D eigenvalue weighted by Gasteiger charge is -2.29. The molecule has 2 heterocycles. The van der Waals surface area contributed by atoms with Gasteiger partial charge in [-0.05, 0) is 30.7 Å². The second-order valence-electron chi connectivity index (χ2n) is 6.74. The molecule has 1 saturated heterocycles. The van der Waals surface area contributed by atoms with Crippen molar-refractivity contribution in [1.82, 2.24) is 10.2 Å². The summed E-state index contributed by atoms with van der Waals surface area (Å²) in [6, 6.07) is 7.43. The fraction of sp³-hybridized carbons (Fsp3) is 0.286. The van der Waals surface area contributed by atoms with Crippen molar-refractivity contribution in [2.75, 3.05) is 7.11 Å². The largest absolute Gasteiger partial charge is 0.497 e. The molecule has 1 atom stereocenters. The van der Waals surface area contributed by atoms with Crippen molar-refractivity contribution in [1.29, 1.82) is 0 Å². The second-order valence-corrected chi connectivity index (χ2v) is 6.74. The zero-order valence-corrected chi connectivity index (χ0v) is 15.7. The number of ether oxygens (including phenoxy) is 2. The highest BCUT2D eigenvalue weighted by Gasteiger charge is 2.40. The number of hydrogen-bond donors (Lipinski definition) is 1. The van der Waals surface area contributed by atoms with Gasteiger partial charge in [-0.15, -0.1) is 0 Å². The number of benzene rings is 2. The average Bonchev–Trinajstić information content (AvgIpc) is 3.08. The van der Waals surface area contributed by atoms with E-state index in [1.165, 1.54) is 13.2 Å². The molecule has 8 heteroatoms. The summed E-state index contributed by atoms with van der Waals surface area (Å²) >= 11 is 0. The smallest absolute Gasteiger partial charge is 0.255 e.